The van der Waals surface area contributed by atoms with E-state index in [1.54, 1.807) is 0 Å². The summed E-state index contributed by atoms with van der Waals surface area (Å²) in [7, 11) is 0. The number of carbonyl (C=O) groups is 1. The van der Waals surface area contributed by atoms with Crippen molar-refractivity contribution >= 4 is 6.03 Å². The third-order valence-electron chi connectivity index (χ3n) is 6.22. The van der Waals surface area contributed by atoms with E-state index < -0.39 is 0 Å². The van der Waals surface area contributed by atoms with E-state index in [4.69, 9.17) is 5.73 Å². The maximum atomic E-state index is 12.1. The summed E-state index contributed by atoms with van der Waals surface area (Å²) in [6, 6.07) is 0.380. The molecule has 0 aromatic carbocycles. The van der Waals surface area contributed by atoms with Crippen molar-refractivity contribution in [1.82, 2.24) is 10.6 Å². The van der Waals surface area contributed by atoms with Crippen LogP contribution < -0.4 is 16.4 Å². The second kappa shape index (κ2) is 6.99. The van der Waals surface area contributed by atoms with E-state index in [2.05, 4.69) is 10.6 Å². The summed E-state index contributed by atoms with van der Waals surface area (Å²) in [4.78, 5) is 12.1. The number of nitrogens with two attached hydrogens (primary N) is 1. The maximum absolute atomic E-state index is 12.1. The Bertz CT molecular complexity index is 338. The first-order chi connectivity index (χ1) is 10.3. The van der Waals surface area contributed by atoms with E-state index >= 15 is 0 Å². The molecule has 0 aromatic heterocycles. The van der Waals surface area contributed by atoms with Crippen LogP contribution in [-0.4, -0.2) is 25.2 Å². The lowest BCUT2D eigenvalue weighted by molar-refractivity contribution is 0.0933. The van der Waals surface area contributed by atoms with Gasteiger partial charge in [0.1, 0.15) is 0 Å². The number of hydrogen-bond donors (Lipinski definition) is 3. The Labute approximate surface area is 128 Å². The molecule has 4 N–H and O–H groups in total. The second-order valence-electron chi connectivity index (χ2n) is 7.51. The Hall–Kier alpha value is -0.770. The van der Waals surface area contributed by atoms with Crippen LogP contribution in [-0.2, 0) is 0 Å². The summed E-state index contributed by atoms with van der Waals surface area (Å²) in [5, 5.41) is 6.30. The summed E-state index contributed by atoms with van der Waals surface area (Å²) in [5.41, 5.74) is 5.71. The summed E-state index contributed by atoms with van der Waals surface area (Å²) >= 11 is 0. The smallest absolute Gasteiger partial charge is 0.315 e. The normalized spacial score (nSPS) is 30.0. The summed E-state index contributed by atoms with van der Waals surface area (Å²) in [6.07, 6.45) is 11.6. The van der Waals surface area contributed by atoms with Gasteiger partial charge in [0.05, 0.1) is 0 Å². The molecule has 3 saturated carbocycles. The van der Waals surface area contributed by atoms with Crippen molar-refractivity contribution < 1.29 is 4.79 Å². The standard InChI is InChI=1S/C17H31N3O/c18-10-12-7-8-15(9-12)20-17(21)19-11-16(13-3-1-4-13)14-5-2-6-14/h12-16H,1-11,18H2,(H2,19,20,21). The molecule has 21 heavy (non-hydrogen) atoms. The van der Waals surface area contributed by atoms with Crippen LogP contribution in [0.25, 0.3) is 0 Å². The molecule has 2 atom stereocenters. The van der Waals surface area contributed by atoms with Gasteiger partial charge in [-0.05, 0) is 49.5 Å². The van der Waals surface area contributed by atoms with E-state index in [1.165, 1.54) is 38.5 Å². The molecule has 4 nitrogen and oxygen atoms in total. The van der Waals surface area contributed by atoms with E-state index in [0.29, 0.717) is 12.0 Å². The minimum Gasteiger partial charge on any atom is -0.338 e. The van der Waals surface area contributed by atoms with Crippen LogP contribution in [0.5, 0.6) is 0 Å². The molecular weight excluding hydrogens is 262 g/mol. The van der Waals surface area contributed by atoms with Crippen LogP contribution in [0.1, 0.15) is 57.8 Å². The van der Waals surface area contributed by atoms with Gasteiger partial charge in [-0.3, -0.25) is 0 Å². The van der Waals surface area contributed by atoms with Gasteiger partial charge < -0.3 is 16.4 Å². The van der Waals surface area contributed by atoms with Gasteiger partial charge in [0.15, 0.2) is 0 Å². The molecule has 0 bridgehead atoms. The van der Waals surface area contributed by atoms with Gasteiger partial charge in [0.25, 0.3) is 0 Å². The topological polar surface area (TPSA) is 67.1 Å². The predicted molar refractivity (Wildman–Crippen MR) is 84.9 cm³/mol. The van der Waals surface area contributed by atoms with Crippen LogP contribution >= 0.6 is 0 Å². The fourth-order valence-electron chi connectivity index (χ4n) is 4.32. The van der Waals surface area contributed by atoms with E-state index in [9.17, 15) is 4.79 Å². The monoisotopic (exact) mass is 293 g/mol. The minimum absolute atomic E-state index is 0.0429. The van der Waals surface area contributed by atoms with Crippen molar-refractivity contribution in [3.63, 3.8) is 0 Å². The molecule has 0 saturated heterocycles. The zero-order valence-corrected chi connectivity index (χ0v) is 13.2. The number of nitrogens with one attached hydrogen (secondary N) is 2. The van der Waals surface area contributed by atoms with Gasteiger partial charge in [-0.1, -0.05) is 38.5 Å². The maximum Gasteiger partial charge on any atom is 0.315 e. The average Bonchev–Trinajstić information content (AvgIpc) is 2.79. The zero-order chi connectivity index (χ0) is 14.7. The highest BCUT2D eigenvalue weighted by molar-refractivity contribution is 5.74. The highest BCUT2D eigenvalue weighted by Gasteiger charge is 2.36. The first kappa shape index (κ1) is 15.1. The van der Waals surface area contributed by atoms with Gasteiger partial charge in [0.2, 0.25) is 0 Å². The van der Waals surface area contributed by atoms with Gasteiger partial charge in [-0.2, -0.15) is 0 Å². The van der Waals surface area contributed by atoms with Crippen molar-refractivity contribution in [1.29, 1.82) is 0 Å². The van der Waals surface area contributed by atoms with Crippen LogP contribution in [0.4, 0.5) is 4.79 Å². The highest BCUT2D eigenvalue weighted by atomic mass is 16.2. The molecule has 0 spiro atoms. The van der Waals surface area contributed by atoms with Crippen LogP contribution in [0, 0.1) is 23.7 Å². The van der Waals surface area contributed by atoms with Crippen molar-refractivity contribution in [3.05, 3.63) is 0 Å². The van der Waals surface area contributed by atoms with Crippen molar-refractivity contribution in [2.75, 3.05) is 13.1 Å². The van der Waals surface area contributed by atoms with Gasteiger partial charge >= 0.3 is 6.03 Å². The number of carbonyl (C=O) groups excluding carboxylic acids is 1. The number of urea groups is 1. The van der Waals surface area contributed by atoms with E-state index in [-0.39, 0.29) is 6.03 Å². The Morgan fingerprint density at radius 2 is 1.71 bits per heavy atom. The lowest BCUT2D eigenvalue weighted by Crippen LogP contribution is -2.46. The molecule has 3 aliphatic carbocycles. The van der Waals surface area contributed by atoms with Gasteiger partial charge in [0, 0.05) is 12.6 Å². The molecular formula is C17H31N3O. The average molecular weight is 293 g/mol. The van der Waals surface area contributed by atoms with Crippen molar-refractivity contribution in [3.8, 4) is 0 Å². The Morgan fingerprint density at radius 3 is 2.19 bits per heavy atom. The lowest BCUT2D eigenvalue weighted by Gasteiger charge is -2.42. The van der Waals surface area contributed by atoms with Crippen molar-refractivity contribution in [2.24, 2.45) is 29.4 Å². The molecule has 0 radical (unpaired) electrons. The van der Waals surface area contributed by atoms with E-state index in [1.807, 2.05) is 0 Å². The third kappa shape index (κ3) is 3.71. The quantitative estimate of drug-likeness (QED) is 0.705. The summed E-state index contributed by atoms with van der Waals surface area (Å²) in [5.74, 6) is 3.10. The fraction of sp³-hybridized carbons (Fsp3) is 0.941. The Kier molecular flexibility index (Phi) is 5.04. The number of hydrogen-bond acceptors (Lipinski definition) is 2. The Balaban J connectivity index is 1.39. The third-order valence-corrected chi connectivity index (χ3v) is 6.22. The number of amides is 2. The van der Waals surface area contributed by atoms with Crippen molar-refractivity contribution in [2.45, 2.75) is 63.8 Å². The molecule has 4 heteroatoms. The van der Waals surface area contributed by atoms with Crippen LogP contribution in [0.2, 0.25) is 0 Å². The number of rotatable bonds is 6. The first-order valence-electron chi connectivity index (χ1n) is 9.00. The molecule has 2 amide bonds. The second-order valence-corrected chi connectivity index (χ2v) is 7.51. The van der Waals surface area contributed by atoms with Gasteiger partial charge in [-0.15, -0.1) is 0 Å². The predicted octanol–water partition coefficient (Wildman–Crippen LogP) is 2.63. The molecule has 2 unspecified atom stereocenters. The lowest BCUT2D eigenvalue weighted by atomic mass is 9.64. The van der Waals surface area contributed by atoms with Crippen LogP contribution in [0.15, 0.2) is 0 Å². The van der Waals surface area contributed by atoms with E-state index in [0.717, 1.165) is 50.1 Å². The molecule has 3 aliphatic rings. The zero-order valence-electron chi connectivity index (χ0n) is 13.2. The summed E-state index contributed by atoms with van der Waals surface area (Å²) < 4.78 is 0. The first-order valence-corrected chi connectivity index (χ1v) is 9.00. The Morgan fingerprint density at radius 1 is 1.05 bits per heavy atom. The molecule has 3 fully saturated rings. The molecule has 0 aromatic rings. The fourth-order valence-corrected chi connectivity index (χ4v) is 4.32. The summed E-state index contributed by atoms with van der Waals surface area (Å²) in [6.45, 7) is 1.64. The SMILES string of the molecule is NCC1CCC(NC(=O)NCC(C2CCC2)C2CCC2)C1. The highest BCUT2D eigenvalue weighted by Crippen LogP contribution is 2.44. The molecule has 0 aliphatic heterocycles. The molecule has 3 rings (SSSR count). The molecule has 0 heterocycles. The largest absolute Gasteiger partial charge is 0.338 e. The van der Waals surface area contributed by atoms with Crippen LogP contribution in [0.3, 0.4) is 0 Å². The van der Waals surface area contributed by atoms with Gasteiger partial charge in [-0.25, -0.2) is 4.79 Å². The minimum atomic E-state index is 0.0429. The molecule has 120 valence electrons.